The molecule has 5 N–H and O–H groups in total. The summed E-state index contributed by atoms with van der Waals surface area (Å²) in [6.07, 6.45) is 1.12. The van der Waals surface area contributed by atoms with Gasteiger partial charge in [-0.25, -0.2) is 0 Å². The maximum Gasteiger partial charge on any atom is 0.251 e. The van der Waals surface area contributed by atoms with Crippen molar-refractivity contribution >= 4 is 66.6 Å². The van der Waals surface area contributed by atoms with Crippen molar-refractivity contribution in [2.45, 2.75) is 44.9 Å². The number of nitrogens with one attached hydrogen (secondary N) is 2. The number of nitrogens with zero attached hydrogens (tertiary/aromatic N) is 1. The summed E-state index contributed by atoms with van der Waals surface area (Å²) >= 11 is 7.00. The van der Waals surface area contributed by atoms with Gasteiger partial charge in [0.2, 0.25) is 0 Å². The normalized spacial score (nSPS) is 16.6. The second-order valence-electron chi connectivity index (χ2n) is 10.0. The van der Waals surface area contributed by atoms with Crippen molar-refractivity contribution in [1.82, 2.24) is 10.6 Å². The van der Waals surface area contributed by atoms with Crippen LogP contribution in [0.1, 0.15) is 41.3 Å². The number of amides is 1. The third-order valence-corrected chi connectivity index (χ3v) is 9.67. The van der Waals surface area contributed by atoms with Gasteiger partial charge in [0.05, 0.1) is 30.2 Å². The number of aliphatic hydroxyl groups excluding tert-OH is 1. The highest BCUT2D eigenvalue weighted by Crippen LogP contribution is 2.50. The zero-order chi connectivity index (χ0) is 29.4. The predicted molar refractivity (Wildman–Crippen MR) is 180 cm³/mol. The molecule has 0 aliphatic carbocycles. The molecule has 1 amide bonds. The molecule has 230 valence electrons. The van der Waals surface area contributed by atoms with E-state index in [2.05, 4.69) is 42.5 Å². The SMILES string of the molecule is CCOc1cc(C(=O)N[C@@H](Cc2ccccc2)[C@@H](O)CNCc2cc(Br)cc(Br)c2)cc(N2CCCCS2(O)O)c1.Cl. The largest absolute Gasteiger partial charge is 0.494 e. The lowest BCUT2D eigenvalue weighted by atomic mass is 10.00. The van der Waals surface area contributed by atoms with Crippen molar-refractivity contribution in [3.63, 3.8) is 0 Å². The summed E-state index contributed by atoms with van der Waals surface area (Å²) in [4.78, 5) is 13.6. The second kappa shape index (κ2) is 16.3. The Labute approximate surface area is 272 Å². The summed E-state index contributed by atoms with van der Waals surface area (Å²) in [5, 5.41) is 17.6. The van der Waals surface area contributed by atoms with Crippen molar-refractivity contribution < 1.29 is 23.7 Å². The first-order valence-corrected chi connectivity index (χ1v) is 16.9. The van der Waals surface area contributed by atoms with Crippen LogP contribution in [0, 0.1) is 0 Å². The molecule has 0 saturated carbocycles. The predicted octanol–water partition coefficient (Wildman–Crippen LogP) is 6.79. The van der Waals surface area contributed by atoms with E-state index in [9.17, 15) is 19.0 Å². The van der Waals surface area contributed by atoms with Crippen LogP contribution in [0.4, 0.5) is 5.69 Å². The molecule has 4 rings (SSSR count). The highest BCUT2D eigenvalue weighted by molar-refractivity contribution is 9.11. The lowest BCUT2D eigenvalue weighted by molar-refractivity contribution is 0.0829. The molecule has 1 heterocycles. The van der Waals surface area contributed by atoms with Gasteiger partial charge >= 0.3 is 0 Å². The number of benzene rings is 3. The fourth-order valence-electron chi connectivity index (χ4n) is 4.84. The van der Waals surface area contributed by atoms with Crippen LogP contribution in [-0.4, -0.2) is 57.7 Å². The number of carbonyl (C=O) groups is 1. The van der Waals surface area contributed by atoms with Crippen LogP contribution >= 0.6 is 55.0 Å². The van der Waals surface area contributed by atoms with Gasteiger partial charge in [0.15, 0.2) is 0 Å². The van der Waals surface area contributed by atoms with E-state index in [1.165, 1.54) is 0 Å². The standard InChI is InChI=1S/C30H37Br2N3O5S.ClH/c1-2-40-27-16-23(15-26(18-27)35-10-6-7-11-41(35,38)39)30(37)34-28(14-21-8-4-3-5-9-21)29(36)20-33-19-22-12-24(31)17-25(32)13-22;/h3-5,8-9,12-13,15-18,28-29,33,36,38-39H,2,6-7,10-11,14,19-20H2,1H3,(H,34,37);1H/t28-,29-;/m0./s1. The number of halogens is 3. The van der Waals surface area contributed by atoms with Crippen LogP contribution in [0.3, 0.4) is 0 Å². The van der Waals surface area contributed by atoms with E-state index in [0.29, 0.717) is 48.9 Å². The van der Waals surface area contributed by atoms with E-state index in [-0.39, 0.29) is 24.9 Å². The summed E-state index contributed by atoms with van der Waals surface area (Å²) in [5.41, 5.74) is 2.89. The molecule has 0 spiro atoms. The smallest absolute Gasteiger partial charge is 0.251 e. The van der Waals surface area contributed by atoms with E-state index in [1.807, 2.05) is 55.5 Å². The number of aliphatic hydroxyl groups is 1. The number of hydrogen-bond acceptors (Lipinski definition) is 7. The number of anilines is 1. The van der Waals surface area contributed by atoms with Crippen LogP contribution < -0.4 is 19.7 Å². The van der Waals surface area contributed by atoms with Gasteiger partial charge in [0, 0.05) is 40.2 Å². The van der Waals surface area contributed by atoms with E-state index in [4.69, 9.17) is 4.74 Å². The van der Waals surface area contributed by atoms with Gasteiger partial charge < -0.3 is 20.5 Å². The summed E-state index contributed by atoms with van der Waals surface area (Å²) in [7, 11) is -2.97. The van der Waals surface area contributed by atoms with Gasteiger partial charge in [-0.05, 0) is 67.6 Å². The molecule has 1 saturated heterocycles. The minimum absolute atomic E-state index is 0. The highest BCUT2D eigenvalue weighted by Gasteiger charge is 2.29. The molecular formula is C30H38Br2ClN3O5S. The molecule has 2 atom stereocenters. The van der Waals surface area contributed by atoms with Gasteiger partial charge in [-0.1, -0.05) is 62.2 Å². The number of hydrogen-bond donors (Lipinski definition) is 5. The van der Waals surface area contributed by atoms with Crippen LogP contribution in [-0.2, 0) is 13.0 Å². The molecule has 42 heavy (non-hydrogen) atoms. The first kappa shape index (κ1) is 34.7. The quantitative estimate of drug-likeness (QED) is 0.139. The molecule has 0 radical (unpaired) electrons. The average molecular weight is 748 g/mol. The lowest BCUT2D eigenvalue weighted by Crippen LogP contribution is -2.48. The van der Waals surface area contributed by atoms with E-state index < -0.39 is 22.9 Å². The van der Waals surface area contributed by atoms with Crippen LogP contribution in [0.15, 0.2) is 75.7 Å². The minimum Gasteiger partial charge on any atom is -0.494 e. The second-order valence-corrected chi connectivity index (χ2v) is 14.0. The molecule has 0 aromatic heterocycles. The van der Waals surface area contributed by atoms with E-state index >= 15 is 0 Å². The maximum atomic E-state index is 13.6. The fourth-order valence-corrected chi connectivity index (χ4v) is 7.90. The van der Waals surface area contributed by atoms with Gasteiger partial charge in [-0.3, -0.25) is 18.2 Å². The van der Waals surface area contributed by atoms with Crippen molar-refractivity contribution in [2.24, 2.45) is 0 Å². The molecule has 1 fully saturated rings. The van der Waals surface area contributed by atoms with Crippen LogP contribution in [0.25, 0.3) is 0 Å². The first-order chi connectivity index (χ1) is 19.6. The van der Waals surface area contributed by atoms with Crippen molar-refractivity contribution in [3.8, 4) is 5.75 Å². The molecule has 3 aromatic carbocycles. The Morgan fingerprint density at radius 3 is 2.40 bits per heavy atom. The Balaban J connectivity index is 0.00000484. The zero-order valence-electron chi connectivity index (χ0n) is 23.3. The Hall–Kier alpha value is -1.83. The molecule has 1 aliphatic rings. The Bertz CT molecular complexity index is 1300. The molecule has 1 aliphatic heterocycles. The Morgan fingerprint density at radius 1 is 1.02 bits per heavy atom. The summed E-state index contributed by atoms with van der Waals surface area (Å²) in [6.45, 7) is 3.54. The lowest BCUT2D eigenvalue weighted by Gasteiger charge is -2.47. The van der Waals surface area contributed by atoms with Gasteiger partial charge in [-0.15, -0.1) is 23.2 Å². The van der Waals surface area contributed by atoms with Gasteiger partial charge in [-0.2, -0.15) is 0 Å². The molecular weight excluding hydrogens is 710 g/mol. The van der Waals surface area contributed by atoms with Crippen molar-refractivity contribution in [3.05, 3.63) is 92.4 Å². The van der Waals surface area contributed by atoms with Gasteiger partial charge in [0.1, 0.15) is 5.75 Å². The number of rotatable bonds is 12. The van der Waals surface area contributed by atoms with Crippen LogP contribution in [0.5, 0.6) is 5.75 Å². The fraction of sp³-hybridized carbons (Fsp3) is 0.367. The summed E-state index contributed by atoms with van der Waals surface area (Å²) < 4.78 is 30.6. The summed E-state index contributed by atoms with van der Waals surface area (Å²) in [5.74, 6) is 0.387. The van der Waals surface area contributed by atoms with Crippen molar-refractivity contribution in [2.75, 3.05) is 29.8 Å². The number of carbonyl (C=O) groups excluding carboxylic acids is 1. The molecule has 0 unspecified atom stereocenters. The molecule has 12 heteroatoms. The highest BCUT2D eigenvalue weighted by atomic mass is 79.9. The maximum absolute atomic E-state index is 13.6. The topological polar surface area (TPSA) is 114 Å². The van der Waals surface area contributed by atoms with E-state index in [1.54, 1.807) is 22.5 Å². The molecule has 0 bridgehead atoms. The third kappa shape index (κ3) is 9.85. The van der Waals surface area contributed by atoms with Crippen LogP contribution in [0.2, 0.25) is 0 Å². The molecule has 3 aromatic rings. The summed E-state index contributed by atoms with van der Waals surface area (Å²) in [6, 6.07) is 20.2. The van der Waals surface area contributed by atoms with Gasteiger partial charge in [0.25, 0.3) is 5.91 Å². The Morgan fingerprint density at radius 2 is 1.74 bits per heavy atom. The first-order valence-electron chi connectivity index (χ1n) is 13.6. The molecule has 8 nitrogen and oxygen atoms in total. The number of ether oxygens (including phenoxy) is 1. The minimum atomic E-state index is -2.97. The average Bonchev–Trinajstić information content (AvgIpc) is 2.92. The van der Waals surface area contributed by atoms with E-state index in [0.717, 1.165) is 32.9 Å². The monoisotopic (exact) mass is 745 g/mol. The Kier molecular flexibility index (Phi) is 13.5. The zero-order valence-corrected chi connectivity index (χ0v) is 28.1. The third-order valence-electron chi connectivity index (χ3n) is 6.82. The van der Waals surface area contributed by atoms with Crippen molar-refractivity contribution in [1.29, 1.82) is 0 Å².